The monoisotopic (exact) mass is 444 g/mol. The van der Waals surface area contributed by atoms with Gasteiger partial charge in [0.25, 0.3) is 5.91 Å². The van der Waals surface area contributed by atoms with E-state index in [1.54, 1.807) is 0 Å². The molecule has 33 heavy (non-hydrogen) atoms. The standard InChI is InChI=1S/C26H32N6O/c1-3-31(4-2)26(33)20-8-5-19(6-9-20)7-10-22-17-21(11-12-29-22)24-18-23(27)25(30-24)32-15-13-28-14-16-32/h5-12,17-18,28,30H,3-4,13-16,27H2,1-2H3/b10-7+. The van der Waals surface area contributed by atoms with Gasteiger partial charge in [0.05, 0.1) is 11.4 Å². The Morgan fingerprint density at radius 1 is 1.09 bits per heavy atom. The van der Waals surface area contributed by atoms with E-state index in [-0.39, 0.29) is 5.91 Å². The van der Waals surface area contributed by atoms with Crippen LogP contribution in [-0.2, 0) is 0 Å². The number of nitrogens with zero attached hydrogens (tertiary/aromatic N) is 3. The Hall–Kier alpha value is -3.58. The van der Waals surface area contributed by atoms with E-state index in [1.807, 2.05) is 79.6 Å². The number of nitrogen functional groups attached to an aromatic ring is 1. The predicted octanol–water partition coefficient (Wildman–Crippen LogP) is 3.72. The molecular weight excluding hydrogens is 412 g/mol. The zero-order valence-corrected chi connectivity index (χ0v) is 19.3. The average molecular weight is 445 g/mol. The van der Waals surface area contributed by atoms with Crippen molar-refractivity contribution in [2.45, 2.75) is 13.8 Å². The Balaban J connectivity index is 1.48. The Bertz CT molecular complexity index is 1110. The maximum atomic E-state index is 12.5. The molecule has 0 saturated carbocycles. The molecule has 0 radical (unpaired) electrons. The molecule has 4 N–H and O–H groups in total. The van der Waals surface area contributed by atoms with Gasteiger partial charge in [-0.25, -0.2) is 0 Å². The van der Waals surface area contributed by atoms with Crippen molar-refractivity contribution in [3.63, 3.8) is 0 Å². The lowest BCUT2D eigenvalue weighted by Crippen LogP contribution is -2.43. The molecule has 172 valence electrons. The Labute approximate surface area is 195 Å². The number of benzene rings is 1. The van der Waals surface area contributed by atoms with Crippen molar-refractivity contribution in [2.24, 2.45) is 0 Å². The molecule has 7 nitrogen and oxygen atoms in total. The number of hydrogen-bond donors (Lipinski definition) is 3. The SMILES string of the molecule is CCN(CC)C(=O)c1ccc(/C=C/c2cc(-c3cc(N)c(N4CCNCC4)[nH]3)ccn2)cc1. The van der Waals surface area contributed by atoms with Crippen LogP contribution >= 0.6 is 0 Å². The van der Waals surface area contributed by atoms with Crippen molar-refractivity contribution in [3.05, 3.63) is 65.5 Å². The smallest absolute Gasteiger partial charge is 0.253 e. The number of rotatable bonds is 7. The van der Waals surface area contributed by atoms with Crippen LogP contribution in [0, 0.1) is 0 Å². The molecule has 1 aliphatic heterocycles. The summed E-state index contributed by atoms with van der Waals surface area (Å²) < 4.78 is 0. The van der Waals surface area contributed by atoms with Crippen molar-refractivity contribution in [2.75, 3.05) is 49.9 Å². The summed E-state index contributed by atoms with van der Waals surface area (Å²) in [6.07, 6.45) is 5.80. The van der Waals surface area contributed by atoms with E-state index in [1.165, 1.54) is 0 Å². The number of H-pyrrole nitrogens is 1. The first-order chi connectivity index (χ1) is 16.1. The number of anilines is 2. The average Bonchev–Trinajstić information content (AvgIpc) is 3.26. The van der Waals surface area contributed by atoms with Crippen LogP contribution in [0.4, 0.5) is 11.5 Å². The second kappa shape index (κ2) is 10.4. The minimum absolute atomic E-state index is 0.0651. The second-order valence-corrected chi connectivity index (χ2v) is 8.13. The highest BCUT2D eigenvalue weighted by Gasteiger charge is 2.16. The summed E-state index contributed by atoms with van der Waals surface area (Å²) >= 11 is 0. The summed E-state index contributed by atoms with van der Waals surface area (Å²) in [6.45, 7) is 9.21. The molecule has 1 fully saturated rings. The molecule has 3 aromatic rings. The van der Waals surface area contributed by atoms with E-state index in [0.29, 0.717) is 18.7 Å². The molecule has 0 aliphatic carbocycles. The fourth-order valence-electron chi connectivity index (χ4n) is 4.08. The third-order valence-corrected chi connectivity index (χ3v) is 6.01. The molecule has 1 aliphatic rings. The van der Waals surface area contributed by atoms with Gasteiger partial charge in [0.2, 0.25) is 0 Å². The second-order valence-electron chi connectivity index (χ2n) is 8.13. The number of piperazine rings is 1. The van der Waals surface area contributed by atoms with Gasteiger partial charge in [-0.05, 0) is 55.8 Å². The van der Waals surface area contributed by atoms with Gasteiger partial charge in [-0.3, -0.25) is 9.78 Å². The van der Waals surface area contributed by atoms with Gasteiger partial charge in [0.15, 0.2) is 0 Å². The number of aromatic nitrogens is 2. The summed E-state index contributed by atoms with van der Waals surface area (Å²) in [6, 6.07) is 13.7. The molecule has 2 aromatic heterocycles. The number of nitrogens with two attached hydrogens (primary N) is 1. The van der Waals surface area contributed by atoms with Crippen LogP contribution in [-0.4, -0.2) is 60.0 Å². The number of aromatic amines is 1. The summed E-state index contributed by atoms with van der Waals surface area (Å²) in [5.41, 5.74) is 11.7. The van der Waals surface area contributed by atoms with Gasteiger partial charge in [-0.15, -0.1) is 0 Å². The van der Waals surface area contributed by atoms with E-state index in [0.717, 1.165) is 60.2 Å². The molecule has 3 heterocycles. The van der Waals surface area contributed by atoms with Crippen molar-refractivity contribution >= 4 is 29.6 Å². The first kappa shape index (κ1) is 22.6. The molecule has 4 rings (SSSR count). The third-order valence-electron chi connectivity index (χ3n) is 6.01. The number of carbonyl (C=O) groups is 1. The van der Waals surface area contributed by atoms with Crippen LogP contribution in [0.2, 0.25) is 0 Å². The number of carbonyl (C=O) groups excluding carboxylic acids is 1. The van der Waals surface area contributed by atoms with Crippen LogP contribution in [0.15, 0.2) is 48.7 Å². The van der Waals surface area contributed by atoms with Gasteiger partial charge in [0.1, 0.15) is 5.82 Å². The van der Waals surface area contributed by atoms with Crippen molar-refractivity contribution in [3.8, 4) is 11.3 Å². The van der Waals surface area contributed by atoms with E-state index < -0.39 is 0 Å². The van der Waals surface area contributed by atoms with Gasteiger partial charge >= 0.3 is 0 Å². The van der Waals surface area contributed by atoms with Crippen molar-refractivity contribution in [1.29, 1.82) is 0 Å². The molecule has 0 spiro atoms. The van der Waals surface area contributed by atoms with E-state index in [4.69, 9.17) is 5.73 Å². The number of hydrogen-bond acceptors (Lipinski definition) is 5. The molecule has 7 heteroatoms. The number of pyridine rings is 1. The molecule has 1 amide bonds. The molecule has 1 saturated heterocycles. The van der Waals surface area contributed by atoms with Gasteiger partial charge in [-0.1, -0.05) is 18.2 Å². The largest absolute Gasteiger partial charge is 0.396 e. The first-order valence-corrected chi connectivity index (χ1v) is 11.6. The molecule has 0 unspecified atom stereocenters. The normalized spacial score (nSPS) is 14.1. The summed E-state index contributed by atoms with van der Waals surface area (Å²) in [4.78, 5) is 24.5. The predicted molar refractivity (Wildman–Crippen MR) is 136 cm³/mol. The number of nitrogens with one attached hydrogen (secondary N) is 2. The Kier molecular flexibility index (Phi) is 7.10. The third kappa shape index (κ3) is 5.26. The van der Waals surface area contributed by atoms with Crippen molar-refractivity contribution in [1.82, 2.24) is 20.2 Å². The van der Waals surface area contributed by atoms with E-state index in [9.17, 15) is 4.79 Å². The number of amides is 1. The van der Waals surface area contributed by atoms with Crippen LogP contribution in [0.25, 0.3) is 23.4 Å². The lowest BCUT2D eigenvalue weighted by molar-refractivity contribution is 0.0773. The Morgan fingerprint density at radius 3 is 2.52 bits per heavy atom. The highest BCUT2D eigenvalue weighted by molar-refractivity contribution is 5.94. The lowest BCUT2D eigenvalue weighted by atomic mass is 10.1. The lowest BCUT2D eigenvalue weighted by Gasteiger charge is -2.28. The molecule has 0 bridgehead atoms. The summed E-state index contributed by atoms with van der Waals surface area (Å²) in [5, 5.41) is 3.37. The van der Waals surface area contributed by atoms with Crippen LogP contribution < -0.4 is 16.0 Å². The first-order valence-electron chi connectivity index (χ1n) is 11.6. The van der Waals surface area contributed by atoms with Crippen LogP contribution in [0.1, 0.15) is 35.5 Å². The molecule has 1 aromatic carbocycles. The van der Waals surface area contributed by atoms with Crippen LogP contribution in [0.5, 0.6) is 0 Å². The molecule has 0 atom stereocenters. The zero-order chi connectivity index (χ0) is 23.2. The van der Waals surface area contributed by atoms with E-state index >= 15 is 0 Å². The highest BCUT2D eigenvalue weighted by atomic mass is 16.2. The Morgan fingerprint density at radius 2 is 1.82 bits per heavy atom. The summed E-state index contributed by atoms with van der Waals surface area (Å²) in [7, 11) is 0. The fraction of sp³-hybridized carbons (Fsp3) is 0.308. The van der Waals surface area contributed by atoms with Gasteiger partial charge in [-0.2, -0.15) is 0 Å². The summed E-state index contributed by atoms with van der Waals surface area (Å²) in [5.74, 6) is 1.05. The minimum Gasteiger partial charge on any atom is -0.396 e. The maximum absolute atomic E-state index is 12.5. The maximum Gasteiger partial charge on any atom is 0.253 e. The highest BCUT2D eigenvalue weighted by Crippen LogP contribution is 2.30. The van der Waals surface area contributed by atoms with Gasteiger partial charge in [0, 0.05) is 62.3 Å². The van der Waals surface area contributed by atoms with Crippen molar-refractivity contribution < 1.29 is 4.79 Å². The zero-order valence-electron chi connectivity index (χ0n) is 19.3. The fourth-order valence-corrected chi connectivity index (χ4v) is 4.08. The minimum atomic E-state index is 0.0651. The van der Waals surface area contributed by atoms with Gasteiger partial charge < -0.3 is 25.8 Å². The van der Waals surface area contributed by atoms with E-state index in [2.05, 4.69) is 20.2 Å². The topological polar surface area (TPSA) is 90.3 Å². The quantitative estimate of drug-likeness (QED) is 0.517. The van der Waals surface area contributed by atoms with Crippen LogP contribution in [0.3, 0.4) is 0 Å². The molecular formula is C26H32N6O.